The number of carbonyl (C=O) groups excluding carboxylic acids is 1. The molecule has 25 heavy (non-hydrogen) atoms. The SMILES string of the molecule is NC(Cc1ccccc1)c1nc(C(=O)NCc2ccccc2Br)cs1. The summed E-state index contributed by atoms with van der Waals surface area (Å²) < 4.78 is 0.971. The predicted octanol–water partition coefficient (Wildman–Crippen LogP) is 4.08. The number of hydrogen-bond donors (Lipinski definition) is 2. The molecule has 128 valence electrons. The summed E-state index contributed by atoms with van der Waals surface area (Å²) in [6, 6.07) is 17.6. The van der Waals surface area contributed by atoms with Crippen molar-refractivity contribution < 1.29 is 4.79 Å². The second-order valence-electron chi connectivity index (χ2n) is 5.64. The molecule has 1 heterocycles. The summed E-state index contributed by atoms with van der Waals surface area (Å²) in [5.74, 6) is -0.190. The number of nitrogens with one attached hydrogen (secondary N) is 1. The third kappa shape index (κ3) is 4.75. The van der Waals surface area contributed by atoms with Gasteiger partial charge in [0.1, 0.15) is 10.7 Å². The zero-order valence-corrected chi connectivity index (χ0v) is 15.9. The number of amides is 1. The summed E-state index contributed by atoms with van der Waals surface area (Å²) >= 11 is 4.90. The van der Waals surface area contributed by atoms with Crippen LogP contribution in [0.15, 0.2) is 64.5 Å². The largest absolute Gasteiger partial charge is 0.347 e. The quantitative estimate of drug-likeness (QED) is 0.637. The second-order valence-corrected chi connectivity index (χ2v) is 7.39. The summed E-state index contributed by atoms with van der Waals surface area (Å²) in [4.78, 5) is 16.7. The lowest BCUT2D eigenvalue weighted by molar-refractivity contribution is 0.0946. The monoisotopic (exact) mass is 415 g/mol. The Morgan fingerprint density at radius 2 is 1.88 bits per heavy atom. The molecular formula is C19H18BrN3OS. The molecule has 0 saturated heterocycles. The summed E-state index contributed by atoms with van der Waals surface area (Å²) in [6.45, 7) is 0.448. The molecule has 3 rings (SSSR count). The van der Waals surface area contributed by atoms with Crippen molar-refractivity contribution in [2.24, 2.45) is 5.73 Å². The van der Waals surface area contributed by atoms with Crippen LogP contribution in [0.25, 0.3) is 0 Å². The highest BCUT2D eigenvalue weighted by atomic mass is 79.9. The summed E-state index contributed by atoms with van der Waals surface area (Å²) in [5.41, 5.74) is 8.83. The maximum atomic E-state index is 12.3. The van der Waals surface area contributed by atoms with Crippen LogP contribution < -0.4 is 11.1 Å². The highest BCUT2D eigenvalue weighted by Gasteiger charge is 2.15. The van der Waals surface area contributed by atoms with Gasteiger partial charge in [-0.3, -0.25) is 4.79 Å². The van der Waals surface area contributed by atoms with Crippen molar-refractivity contribution in [3.63, 3.8) is 0 Å². The van der Waals surface area contributed by atoms with E-state index in [-0.39, 0.29) is 11.9 Å². The third-order valence-corrected chi connectivity index (χ3v) is 5.52. The minimum absolute atomic E-state index is 0.190. The Labute approximate surface area is 159 Å². The normalized spacial score (nSPS) is 11.9. The molecule has 4 nitrogen and oxygen atoms in total. The fourth-order valence-electron chi connectivity index (χ4n) is 2.43. The van der Waals surface area contributed by atoms with Gasteiger partial charge >= 0.3 is 0 Å². The molecule has 0 spiro atoms. The number of carbonyl (C=O) groups is 1. The Bertz CT molecular complexity index is 851. The van der Waals surface area contributed by atoms with Gasteiger partial charge in [0.05, 0.1) is 6.04 Å². The van der Waals surface area contributed by atoms with Crippen LogP contribution in [0.1, 0.15) is 32.7 Å². The lowest BCUT2D eigenvalue weighted by Crippen LogP contribution is -2.23. The van der Waals surface area contributed by atoms with Gasteiger partial charge in [-0.15, -0.1) is 11.3 Å². The molecule has 0 fully saturated rings. The molecule has 3 aromatic rings. The van der Waals surface area contributed by atoms with Gasteiger partial charge in [0, 0.05) is 16.4 Å². The van der Waals surface area contributed by atoms with Gasteiger partial charge in [0.2, 0.25) is 0 Å². The lowest BCUT2D eigenvalue weighted by atomic mass is 10.1. The average Bonchev–Trinajstić information content (AvgIpc) is 3.12. The van der Waals surface area contributed by atoms with E-state index in [0.717, 1.165) is 20.6 Å². The van der Waals surface area contributed by atoms with Crippen LogP contribution in [0.3, 0.4) is 0 Å². The first-order chi connectivity index (χ1) is 12.1. The van der Waals surface area contributed by atoms with E-state index in [2.05, 4.69) is 26.2 Å². The lowest BCUT2D eigenvalue weighted by Gasteiger charge is -2.08. The standard InChI is InChI=1S/C19H18BrN3OS/c20-15-9-5-4-8-14(15)11-22-18(24)17-12-25-19(23-17)16(21)10-13-6-2-1-3-7-13/h1-9,12,16H,10-11,21H2,(H,22,24). The Morgan fingerprint density at radius 3 is 2.64 bits per heavy atom. The van der Waals surface area contributed by atoms with E-state index < -0.39 is 0 Å². The highest BCUT2D eigenvalue weighted by molar-refractivity contribution is 9.10. The van der Waals surface area contributed by atoms with E-state index in [4.69, 9.17) is 5.73 Å². The molecule has 2 aromatic carbocycles. The number of aromatic nitrogens is 1. The number of rotatable bonds is 6. The van der Waals surface area contributed by atoms with E-state index in [1.807, 2.05) is 54.6 Å². The highest BCUT2D eigenvalue weighted by Crippen LogP contribution is 2.20. The fourth-order valence-corrected chi connectivity index (χ4v) is 3.65. The summed E-state index contributed by atoms with van der Waals surface area (Å²) in [6.07, 6.45) is 0.701. The number of hydrogen-bond acceptors (Lipinski definition) is 4. The number of benzene rings is 2. The van der Waals surface area contributed by atoms with Crippen LogP contribution in [-0.4, -0.2) is 10.9 Å². The number of nitrogens with zero attached hydrogens (tertiary/aromatic N) is 1. The molecule has 0 aliphatic rings. The van der Waals surface area contributed by atoms with E-state index in [1.54, 1.807) is 5.38 Å². The molecule has 1 aromatic heterocycles. The van der Waals surface area contributed by atoms with Crippen LogP contribution in [0.5, 0.6) is 0 Å². The minimum atomic E-state index is -0.211. The van der Waals surface area contributed by atoms with Crippen molar-refractivity contribution in [1.29, 1.82) is 0 Å². The van der Waals surface area contributed by atoms with Gasteiger partial charge in [-0.1, -0.05) is 64.5 Å². The molecule has 0 bridgehead atoms. The van der Waals surface area contributed by atoms with Gasteiger partial charge in [-0.25, -0.2) is 4.98 Å². The number of thiazole rings is 1. The molecule has 0 saturated carbocycles. The first kappa shape index (κ1) is 17.8. The van der Waals surface area contributed by atoms with Gasteiger partial charge in [-0.2, -0.15) is 0 Å². The summed E-state index contributed by atoms with van der Waals surface area (Å²) in [5, 5.41) is 5.42. The molecule has 1 amide bonds. The second kappa shape index (κ2) is 8.38. The maximum Gasteiger partial charge on any atom is 0.271 e. The molecule has 3 N–H and O–H groups in total. The maximum absolute atomic E-state index is 12.3. The van der Waals surface area contributed by atoms with Gasteiger partial charge in [0.25, 0.3) is 5.91 Å². The molecule has 6 heteroatoms. The Hall–Kier alpha value is -2.02. The zero-order chi connectivity index (χ0) is 17.6. The van der Waals surface area contributed by atoms with E-state index in [1.165, 1.54) is 11.3 Å². The predicted molar refractivity (Wildman–Crippen MR) is 105 cm³/mol. The van der Waals surface area contributed by atoms with Crippen molar-refractivity contribution in [3.05, 3.63) is 86.3 Å². The van der Waals surface area contributed by atoms with Crippen LogP contribution in [0.2, 0.25) is 0 Å². The number of halogens is 1. The van der Waals surface area contributed by atoms with Crippen LogP contribution in [-0.2, 0) is 13.0 Å². The summed E-state index contributed by atoms with van der Waals surface area (Å²) in [7, 11) is 0. The van der Waals surface area contributed by atoms with Crippen molar-refractivity contribution in [1.82, 2.24) is 10.3 Å². The van der Waals surface area contributed by atoms with Crippen LogP contribution in [0.4, 0.5) is 0 Å². The van der Waals surface area contributed by atoms with Crippen LogP contribution >= 0.6 is 27.3 Å². The van der Waals surface area contributed by atoms with Crippen molar-refractivity contribution in [3.8, 4) is 0 Å². The van der Waals surface area contributed by atoms with Gasteiger partial charge < -0.3 is 11.1 Å². The first-order valence-corrected chi connectivity index (χ1v) is 9.57. The van der Waals surface area contributed by atoms with E-state index in [0.29, 0.717) is 18.7 Å². The molecule has 1 atom stereocenters. The van der Waals surface area contributed by atoms with Crippen molar-refractivity contribution in [2.45, 2.75) is 19.0 Å². The Kier molecular flexibility index (Phi) is 5.96. The first-order valence-electron chi connectivity index (χ1n) is 7.90. The third-order valence-electron chi connectivity index (χ3n) is 3.77. The molecular weight excluding hydrogens is 398 g/mol. The smallest absolute Gasteiger partial charge is 0.271 e. The molecule has 0 aliphatic carbocycles. The van der Waals surface area contributed by atoms with E-state index in [9.17, 15) is 4.79 Å². The molecule has 0 radical (unpaired) electrons. The van der Waals surface area contributed by atoms with Crippen molar-refractivity contribution in [2.75, 3.05) is 0 Å². The average molecular weight is 416 g/mol. The van der Waals surface area contributed by atoms with Gasteiger partial charge in [0.15, 0.2) is 0 Å². The molecule has 1 unspecified atom stereocenters. The number of nitrogens with two attached hydrogens (primary N) is 1. The Balaban J connectivity index is 1.60. The minimum Gasteiger partial charge on any atom is -0.347 e. The van der Waals surface area contributed by atoms with Crippen LogP contribution in [0, 0.1) is 0 Å². The van der Waals surface area contributed by atoms with Gasteiger partial charge in [-0.05, 0) is 23.6 Å². The van der Waals surface area contributed by atoms with E-state index >= 15 is 0 Å². The van der Waals surface area contributed by atoms with Crippen molar-refractivity contribution >= 4 is 33.2 Å². The molecule has 0 aliphatic heterocycles. The fraction of sp³-hybridized carbons (Fsp3) is 0.158. The topological polar surface area (TPSA) is 68.0 Å². The Morgan fingerprint density at radius 1 is 1.16 bits per heavy atom. The zero-order valence-electron chi connectivity index (χ0n) is 13.5.